The predicted molar refractivity (Wildman–Crippen MR) is 66.6 cm³/mol. The smallest absolute Gasteiger partial charge is 0.0774 e. The monoisotopic (exact) mass is 226 g/mol. The number of rotatable bonds is 5. The highest BCUT2D eigenvalue weighted by Gasteiger charge is 2.32. The lowest BCUT2D eigenvalue weighted by atomic mass is 10.0. The molecule has 3 nitrogen and oxygen atoms in total. The van der Waals surface area contributed by atoms with E-state index in [1.54, 1.807) is 0 Å². The van der Waals surface area contributed by atoms with Gasteiger partial charge in [-0.2, -0.15) is 0 Å². The molecule has 94 valence electrons. The number of nitrogens with zero attached hydrogens (tertiary/aromatic N) is 2. The predicted octanol–water partition coefficient (Wildman–Crippen LogP) is 1.32. The molecule has 1 N–H and O–H groups in total. The Morgan fingerprint density at radius 1 is 1.12 bits per heavy atom. The minimum Gasteiger partial charge on any atom is -0.389 e. The van der Waals surface area contributed by atoms with E-state index in [1.165, 1.54) is 45.3 Å². The van der Waals surface area contributed by atoms with Gasteiger partial charge < -0.3 is 14.9 Å². The summed E-state index contributed by atoms with van der Waals surface area (Å²) in [6.07, 6.45) is 7.15. The Labute approximate surface area is 99.4 Å². The Morgan fingerprint density at radius 2 is 1.75 bits per heavy atom. The first kappa shape index (κ1) is 12.3. The van der Waals surface area contributed by atoms with Gasteiger partial charge in [-0.25, -0.2) is 0 Å². The van der Waals surface area contributed by atoms with Crippen LogP contribution in [0.3, 0.4) is 0 Å². The molecule has 2 aliphatic rings. The third-order valence-corrected chi connectivity index (χ3v) is 4.10. The van der Waals surface area contributed by atoms with Crippen LogP contribution < -0.4 is 0 Å². The number of hydrogen-bond donors (Lipinski definition) is 1. The maximum atomic E-state index is 10.3. The van der Waals surface area contributed by atoms with Gasteiger partial charge in [-0.1, -0.05) is 12.8 Å². The Bertz CT molecular complexity index is 208. The van der Waals surface area contributed by atoms with Crippen LogP contribution in [0.25, 0.3) is 0 Å². The molecule has 0 bridgehead atoms. The summed E-state index contributed by atoms with van der Waals surface area (Å²) in [6, 6.07) is 0. The molecule has 0 spiro atoms. The lowest BCUT2D eigenvalue weighted by Crippen LogP contribution is -2.42. The van der Waals surface area contributed by atoms with E-state index in [0.29, 0.717) is 0 Å². The molecule has 0 aromatic heterocycles. The van der Waals surface area contributed by atoms with Gasteiger partial charge in [0.25, 0.3) is 0 Å². The van der Waals surface area contributed by atoms with Gasteiger partial charge in [-0.15, -0.1) is 0 Å². The average molecular weight is 226 g/mol. The molecule has 1 saturated carbocycles. The van der Waals surface area contributed by atoms with Crippen molar-refractivity contribution in [2.24, 2.45) is 0 Å². The van der Waals surface area contributed by atoms with E-state index in [1.807, 2.05) is 0 Å². The fourth-order valence-electron chi connectivity index (χ4n) is 3.09. The summed E-state index contributed by atoms with van der Waals surface area (Å²) in [5.41, 5.74) is -0.375. The summed E-state index contributed by atoms with van der Waals surface area (Å²) >= 11 is 0. The largest absolute Gasteiger partial charge is 0.389 e. The summed E-state index contributed by atoms with van der Waals surface area (Å²) in [5, 5.41) is 10.3. The van der Waals surface area contributed by atoms with Crippen molar-refractivity contribution >= 4 is 0 Å². The second-order valence-corrected chi connectivity index (χ2v) is 5.72. The standard InChI is InChI=1S/C13H26N2O/c1-14(10-11-15-8-4-5-9-15)12-13(16)6-2-3-7-13/h16H,2-12H2,1H3. The minimum absolute atomic E-state index is 0.375. The van der Waals surface area contributed by atoms with E-state index >= 15 is 0 Å². The number of hydrogen-bond acceptors (Lipinski definition) is 3. The summed E-state index contributed by atoms with van der Waals surface area (Å²) in [7, 11) is 2.15. The van der Waals surface area contributed by atoms with Crippen molar-refractivity contribution in [3.05, 3.63) is 0 Å². The van der Waals surface area contributed by atoms with E-state index < -0.39 is 0 Å². The summed E-state index contributed by atoms with van der Waals surface area (Å²) in [6.45, 7) is 5.69. The normalized spacial score (nSPS) is 25.7. The molecule has 1 heterocycles. The molecule has 16 heavy (non-hydrogen) atoms. The quantitative estimate of drug-likeness (QED) is 0.766. The molecular weight excluding hydrogens is 200 g/mol. The highest BCUT2D eigenvalue weighted by molar-refractivity contribution is 4.86. The molecule has 0 aromatic carbocycles. The van der Waals surface area contributed by atoms with Crippen LogP contribution in [0.1, 0.15) is 38.5 Å². The van der Waals surface area contributed by atoms with E-state index in [2.05, 4.69) is 16.8 Å². The topological polar surface area (TPSA) is 26.7 Å². The van der Waals surface area contributed by atoms with Crippen molar-refractivity contribution < 1.29 is 5.11 Å². The average Bonchev–Trinajstić information content (AvgIpc) is 2.86. The first-order chi connectivity index (χ1) is 7.68. The summed E-state index contributed by atoms with van der Waals surface area (Å²) in [4.78, 5) is 4.85. The second-order valence-electron chi connectivity index (χ2n) is 5.72. The van der Waals surface area contributed by atoms with E-state index in [4.69, 9.17) is 0 Å². The second kappa shape index (κ2) is 5.48. The van der Waals surface area contributed by atoms with Crippen molar-refractivity contribution in [1.82, 2.24) is 9.80 Å². The maximum absolute atomic E-state index is 10.3. The van der Waals surface area contributed by atoms with Crippen LogP contribution in [0, 0.1) is 0 Å². The van der Waals surface area contributed by atoms with Gasteiger partial charge in [0.15, 0.2) is 0 Å². The Balaban J connectivity index is 1.65. The van der Waals surface area contributed by atoms with E-state index in [-0.39, 0.29) is 5.60 Å². The van der Waals surface area contributed by atoms with Gasteiger partial charge in [-0.3, -0.25) is 0 Å². The third-order valence-electron chi connectivity index (χ3n) is 4.10. The molecule has 0 amide bonds. The Morgan fingerprint density at radius 3 is 2.38 bits per heavy atom. The fraction of sp³-hybridized carbons (Fsp3) is 1.00. The van der Waals surface area contributed by atoms with Crippen molar-refractivity contribution in [3.8, 4) is 0 Å². The van der Waals surface area contributed by atoms with Crippen LogP contribution in [0.2, 0.25) is 0 Å². The van der Waals surface area contributed by atoms with Crippen LogP contribution >= 0.6 is 0 Å². The van der Waals surface area contributed by atoms with Crippen molar-refractivity contribution in [2.75, 3.05) is 39.8 Å². The van der Waals surface area contributed by atoms with Crippen LogP contribution in [-0.4, -0.2) is 60.3 Å². The van der Waals surface area contributed by atoms with Crippen molar-refractivity contribution in [3.63, 3.8) is 0 Å². The first-order valence-corrected chi connectivity index (χ1v) is 6.81. The molecule has 1 aliphatic carbocycles. The number of likely N-dealkylation sites (N-methyl/N-ethyl adjacent to an activating group) is 1. The van der Waals surface area contributed by atoms with E-state index in [9.17, 15) is 5.11 Å². The lowest BCUT2D eigenvalue weighted by molar-refractivity contribution is 0.0149. The highest BCUT2D eigenvalue weighted by atomic mass is 16.3. The number of aliphatic hydroxyl groups is 1. The molecule has 1 saturated heterocycles. The SMILES string of the molecule is CN(CCN1CCCC1)CC1(O)CCCC1. The molecule has 0 aromatic rings. The molecule has 0 radical (unpaired) electrons. The molecular formula is C13H26N2O. The van der Waals surface area contributed by atoms with Crippen molar-refractivity contribution in [1.29, 1.82) is 0 Å². The lowest BCUT2D eigenvalue weighted by Gasteiger charge is -2.29. The summed E-state index contributed by atoms with van der Waals surface area (Å²) in [5.74, 6) is 0. The zero-order valence-corrected chi connectivity index (χ0v) is 10.6. The summed E-state index contributed by atoms with van der Waals surface area (Å²) < 4.78 is 0. The van der Waals surface area contributed by atoms with Gasteiger partial charge in [0.1, 0.15) is 0 Å². The van der Waals surface area contributed by atoms with Crippen LogP contribution in [0.15, 0.2) is 0 Å². The van der Waals surface area contributed by atoms with Gasteiger partial charge in [0.05, 0.1) is 5.60 Å². The van der Waals surface area contributed by atoms with Gasteiger partial charge in [-0.05, 0) is 45.8 Å². The van der Waals surface area contributed by atoms with Crippen molar-refractivity contribution in [2.45, 2.75) is 44.1 Å². The van der Waals surface area contributed by atoms with Crippen LogP contribution in [-0.2, 0) is 0 Å². The van der Waals surface area contributed by atoms with Gasteiger partial charge in [0, 0.05) is 19.6 Å². The third kappa shape index (κ3) is 3.44. The Hall–Kier alpha value is -0.120. The maximum Gasteiger partial charge on any atom is 0.0774 e. The fourth-order valence-corrected chi connectivity index (χ4v) is 3.09. The zero-order valence-electron chi connectivity index (χ0n) is 10.6. The Kier molecular flexibility index (Phi) is 4.22. The molecule has 2 rings (SSSR count). The van der Waals surface area contributed by atoms with E-state index in [0.717, 1.165) is 25.9 Å². The molecule has 0 atom stereocenters. The molecule has 1 aliphatic heterocycles. The van der Waals surface area contributed by atoms with Crippen LogP contribution in [0.4, 0.5) is 0 Å². The van der Waals surface area contributed by atoms with Crippen LogP contribution in [0.5, 0.6) is 0 Å². The molecule has 2 fully saturated rings. The van der Waals surface area contributed by atoms with Gasteiger partial charge in [0.2, 0.25) is 0 Å². The molecule has 3 heteroatoms. The molecule has 0 unspecified atom stereocenters. The number of likely N-dealkylation sites (tertiary alicyclic amines) is 1. The first-order valence-electron chi connectivity index (χ1n) is 6.81. The van der Waals surface area contributed by atoms with Gasteiger partial charge >= 0.3 is 0 Å². The zero-order chi connectivity index (χ0) is 11.4. The highest BCUT2D eigenvalue weighted by Crippen LogP contribution is 2.29. The minimum atomic E-state index is -0.375.